The first kappa shape index (κ1) is 16.9. The molecule has 0 N–H and O–H groups in total. The topological polar surface area (TPSA) is 46.6 Å². The van der Waals surface area contributed by atoms with Crippen LogP contribution in [0.5, 0.6) is 0 Å². The summed E-state index contributed by atoms with van der Waals surface area (Å²) >= 11 is 0. The van der Waals surface area contributed by atoms with Gasteiger partial charge in [0.1, 0.15) is 11.9 Å². The molecular formula is C14H23F2NO3. The van der Waals surface area contributed by atoms with Gasteiger partial charge in [-0.2, -0.15) is 0 Å². The molecule has 4 nitrogen and oxygen atoms in total. The summed E-state index contributed by atoms with van der Waals surface area (Å²) in [5, 5.41) is 0. The lowest BCUT2D eigenvalue weighted by Crippen LogP contribution is -2.42. The number of carbonyl (C=O) groups excluding carboxylic acids is 2. The van der Waals surface area contributed by atoms with Gasteiger partial charge in [0.15, 0.2) is 0 Å². The van der Waals surface area contributed by atoms with Crippen LogP contribution in [0.15, 0.2) is 0 Å². The van der Waals surface area contributed by atoms with Crippen LogP contribution in [0.3, 0.4) is 0 Å². The minimum Gasteiger partial charge on any atom is -0.444 e. The number of rotatable bonds is 4. The molecule has 1 unspecified atom stereocenters. The Bertz CT molecular complexity index is 353. The third-order valence-corrected chi connectivity index (χ3v) is 3.17. The molecule has 0 spiro atoms. The van der Waals surface area contributed by atoms with Gasteiger partial charge in [0.25, 0.3) is 0 Å². The van der Waals surface area contributed by atoms with Crippen molar-refractivity contribution in [1.82, 2.24) is 4.90 Å². The third-order valence-electron chi connectivity index (χ3n) is 3.17. The number of hydrogen-bond acceptors (Lipinski definition) is 3. The number of hydrogen-bond donors (Lipinski definition) is 0. The van der Waals surface area contributed by atoms with Crippen molar-refractivity contribution in [2.45, 2.75) is 58.0 Å². The fourth-order valence-electron chi connectivity index (χ4n) is 2.38. The van der Waals surface area contributed by atoms with Gasteiger partial charge in [-0.3, -0.25) is 0 Å². The van der Waals surface area contributed by atoms with Crippen LogP contribution in [0.2, 0.25) is 0 Å². The van der Waals surface area contributed by atoms with Crippen LogP contribution in [-0.2, 0) is 9.53 Å². The lowest BCUT2D eigenvalue weighted by molar-refractivity contribution is -0.109. The Hall–Kier alpha value is -1.20. The van der Waals surface area contributed by atoms with Crippen molar-refractivity contribution in [3.8, 4) is 0 Å². The van der Waals surface area contributed by atoms with E-state index >= 15 is 0 Å². The Balaban J connectivity index is 2.62. The summed E-state index contributed by atoms with van der Waals surface area (Å²) < 4.78 is 31.9. The van der Waals surface area contributed by atoms with Crippen LogP contribution in [0.1, 0.15) is 46.5 Å². The highest BCUT2D eigenvalue weighted by Crippen LogP contribution is 2.37. The summed E-state index contributed by atoms with van der Waals surface area (Å²) in [4.78, 5) is 23.8. The van der Waals surface area contributed by atoms with Crippen LogP contribution in [-0.4, -0.2) is 41.9 Å². The van der Waals surface area contributed by atoms with Crippen molar-refractivity contribution in [1.29, 1.82) is 0 Å². The highest BCUT2D eigenvalue weighted by Gasteiger charge is 2.37. The molecule has 1 fully saturated rings. The summed E-state index contributed by atoms with van der Waals surface area (Å²) in [6, 6.07) is 0. The normalized spacial score (nSPS) is 22.1. The number of halogens is 2. The number of ether oxygens (including phenoxy) is 1. The van der Waals surface area contributed by atoms with E-state index in [4.69, 9.17) is 4.74 Å². The molecule has 1 aliphatic rings. The van der Waals surface area contributed by atoms with E-state index in [1.165, 1.54) is 4.90 Å². The predicted octanol–water partition coefficient (Wildman–Crippen LogP) is 3.25. The summed E-state index contributed by atoms with van der Waals surface area (Å²) in [5.41, 5.74) is -0.672. The maximum absolute atomic E-state index is 13.4. The van der Waals surface area contributed by atoms with Crippen LogP contribution >= 0.6 is 0 Å². The van der Waals surface area contributed by atoms with Gasteiger partial charge in [0.2, 0.25) is 5.92 Å². The molecule has 0 radical (unpaired) electrons. The fraction of sp³-hybridized carbons (Fsp3) is 0.857. The van der Waals surface area contributed by atoms with E-state index in [9.17, 15) is 18.4 Å². The molecule has 0 aliphatic heterocycles. The molecule has 0 saturated heterocycles. The molecule has 0 heterocycles. The van der Waals surface area contributed by atoms with E-state index in [0.29, 0.717) is 19.1 Å². The second kappa shape index (κ2) is 6.50. The van der Waals surface area contributed by atoms with Gasteiger partial charge in [-0.25, -0.2) is 13.6 Å². The molecule has 0 aromatic rings. The first-order chi connectivity index (χ1) is 9.13. The van der Waals surface area contributed by atoms with Crippen molar-refractivity contribution in [3.05, 3.63) is 0 Å². The van der Waals surface area contributed by atoms with Gasteiger partial charge >= 0.3 is 6.09 Å². The Morgan fingerprint density at radius 1 is 1.45 bits per heavy atom. The molecule has 0 aromatic carbocycles. The number of carbonyl (C=O) groups is 2. The Morgan fingerprint density at radius 2 is 2.10 bits per heavy atom. The van der Waals surface area contributed by atoms with Gasteiger partial charge in [-0.15, -0.1) is 0 Å². The number of aldehydes is 1. The Labute approximate surface area is 118 Å². The van der Waals surface area contributed by atoms with Crippen molar-refractivity contribution in [3.63, 3.8) is 0 Å². The smallest absolute Gasteiger partial charge is 0.410 e. The quantitative estimate of drug-likeness (QED) is 0.747. The van der Waals surface area contributed by atoms with Gasteiger partial charge in [-0.05, 0) is 39.5 Å². The molecule has 1 aliphatic carbocycles. The number of amides is 1. The first-order valence-electron chi connectivity index (χ1n) is 6.92. The zero-order valence-corrected chi connectivity index (χ0v) is 12.3. The van der Waals surface area contributed by atoms with E-state index in [1.807, 2.05) is 0 Å². The second-order valence-electron chi connectivity index (χ2n) is 6.37. The van der Waals surface area contributed by atoms with Crippen LogP contribution in [0.25, 0.3) is 0 Å². The van der Waals surface area contributed by atoms with Gasteiger partial charge in [0.05, 0.1) is 6.54 Å². The van der Waals surface area contributed by atoms with Crippen LogP contribution < -0.4 is 0 Å². The fourth-order valence-corrected chi connectivity index (χ4v) is 2.38. The van der Waals surface area contributed by atoms with E-state index in [0.717, 1.165) is 0 Å². The molecule has 0 bridgehead atoms. The third kappa shape index (κ3) is 5.84. The summed E-state index contributed by atoms with van der Waals surface area (Å²) in [6.07, 6.45) is 0.729. The highest BCUT2D eigenvalue weighted by atomic mass is 19.3. The Kier molecular flexibility index (Phi) is 5.48. The minimum absolute atomic E-state index is 0.0936. The standard InChI is InChI=1S/C14H23F2NO3/c1-13(2,3)20-12(19)17(7-8-18)10-11-5-4-6-14(15,16)9-11/h8,11H,4-7,9-10H2,1-3H3. The molecule has 1 atom stereocenters. The average molecular weight is 291 g/mol. The SMILES string of the molecule is CC(C)(C)OC(=O)N(CC=O)CC1CCCC(F)(F)C1. The van der Waals surface area contributed by atoms with Crippen LogP contribution in [0, 0.1) is 5.92 Å². The minimum atomic E-state index is -2.66. The zero-order chi connectivity index (χ0) is 15.4. The van der Waals surface area contributed by atoms with Crippen molar-refractivity contribution in [2.24, 2.45) is 5.92 Å². The molecule has 1 amide bonds. The molecule has 116 valence electrons. The number of alkyl halides is 2. The molecule has 1 saturated carbocycles. The lowest BCUT2D eigenvalue weighted by Gasteiger charge is -2.33. The van der Waals surface area contributed by atoms with Crippen molar-refractivity contribution >= 4 is 12.4 Å². The van der Waals surface area contributed by atoms with E-state index in [-0.39, 0.29) is 31.8 Å². The van der Waals surface area contributed by atoms with Crippen molar-refractivity contribution < 1.29 is 23.1 Å². The first-order valence-corrected chi connectivity index (χ1v) is 6.92. The van der Waals surface area contributed by atoms with E-state index < -0.39 is 17.6 Å². The van der Waals surface area contributed by atoms with Gasteiger partial charge in [0, 0.05) is 19.4 Å². The Morgan fingerprint density at radius 3 is 2.60 bits per heavy atom. The predicted molar refractivity (Wildman–Crippen MR) is 70.8 cm³/mol. The average Bonchev–Trinajstić information content (AvgIpc) is 2.24. The zero-order valence-electron chi connectivity index (χ0n) is 12.3. The monoisotopic (exact) mass is 291 g/mol. The maximum atomic E-state index is 13.4. The molecule has 0 aromatic heterocycles. The molecule has 1 rings (SSSR count). The summed E-state index contributed by atoms with van der Waals surface area (Å²) in [5.74, 6) is -2.95. The molecular weight excluding hydrogens is 268 g/mol. The number of nitrogens with zero attached hydrogens (tertiary/aromatic N) is 1. The largest absolute Gasteiger partial charge is 0.444 e. The maximum Gasteiger partial charge on any atom is 0.410 e. The van der Waals surface area contributed by atoms with Gasteiger partial charge in [-0.1, -0.05) is 0 Å². The molecule has 6 heteroatoms. The second-order valence-corrected chi connectivity index (χ2v) is 6.37. The lowest BCUT2D eigenvalue weighted by atomic mass is 9.86. The van der Waals surface area contributed by atoms with E-state index in [1.54, 1.807) is 20.8 Å². The van der Waals surface area contributed by atoms with Gasteiger partial charge < -0.3 is 14.4 Å². The van der Waals surface area contributed by atoms with Crippen molar-refractivity contribution in [2.75, 3.05) is 13.1 Å². The highest BCUT2D eigenvalue weighted by molar-refractivity contribution is 5.71. The summed E-state index contributed by atoms with van der Waals surface area (Å²) in [7, 11) is 0. The summed E-state index contributed by atoms with van der Waals surface area (Å²) in [6.45, 7) is 5.18. The molecule has 20 heavy (non-hydrogen) atoms. The van der Waals surface area contributed by atoms with E-state index in [2.05, 4.69) is 0 Å². The van der Waals surface area contributed by atoms with Crippen LogP contribution in [0.4, 0.5) is 13.6 Å².